The Kier molecular flexibility index (Phi) is 30.2. The number of halogens is 1. The van der Waals surface area contributed by atoms with E-state index in [0.29, 0.717) is 108 Å². The minimum atomic E-state index is -0.559. The number of amides is 2. The topological polar surface area (TPSA) is 382 Å². The highest BCUT2D eigenvalue weighted by atomic mass is 79.9. The maximum atomic E-state index is 12.7. The fraction of sp³-hybridized carbons (Fsp3) is 0.505. The number of carbonyl (C=O) groups is 2. The summed E-state index contributed by atoms with van der Waals surface area (Å²) in [5, 5.41) is 23.7. The zero-order chi connectivity index (χ0) is 93.0. The first-order valence-corrected chi connectivity index (χ1v) is 46.4. The van der Waals surface area contributed by atoms with Gasteiger partial charge in [-0.3, -0.25) is 35.0 Å². The number of ether oxygens (including phenoxy) is 10. The van der Waals surface area contributed by atoms with Crippen molar-refractivity contribution in [3.63, 3.8) is 0 Å². The Bertz CT molecular complexity index is 5910. The summed E-state index contributed by atoms with van der Waals surface area (Å²) in [6.45, 7) is 36.4. The molecule has 3 aromatic carbocycles. The number of piperidine rings is 3. The normalized spacial score (nSPS) is 19.2. The Morgan fingerprint density at radius 1 is 0.462 bits per heavy atom. The monoisotopic (exact) mass is 1870 g/mol. The molecular formula is C95H119BBrN21O14. The van der Waals surface area contributed by atoms with Crippen LogP contribution in [0.5, 0.6) is 35.3 Å². The summed E-state index contributed by atoms with van der Waals surface area (Å²) in [4.78, 5) is 82.5. The molecule has 6 aliphatic rings. The molecule has 9 aromatic heterocycles. The number of H-pyrrole nitrogens is 1. The maximum absolute atomic E-state index is 12.7. The molecule has 0 bridgehead atoms. The average Bonchev–Trinajstić information content (AvgIpc) is 1.61. The molecule has 18 rings (SSSR count). The summed E-state index contributed by atoms with van der Waals surface area (Å²) >= 11 is 3.59. The Balaban J connectivity index is 0.000000139. The summed E-state index contributed by atoms with van der Waals surface area (Å²) in [5.41, 5.74) is 8.78. The van der Waals surface area contributed by atoms with Gasteiger partial charge in [-0.1, -0.05) is 28.1 Å². The number of carbonyl (C=O) groups excluding carboxylic acids is 2. The number of benzene rings is 3. The number of nitrogens with one attached hydrogen (secondary N) is 2. The molecule has 15 heterocycles. The third-order valence-corrected chi connectivity index (χ3v) is 23.0. The van der Waals surface area contributed by atoms with Crippen LogP contribution < -0.4 is 39.3 Å². The standard InChI is InChI=1S/C33H41N7O5.C26H32BrN5O4.C23H25N7O2.C13H21BN2O3/c1-21(2)43-28-18-34-16-25(36-28)22-11-12-27-24(15-22)31(38-40(27)30-10-6-7-14-42-30)26-17-35-19-29(37-26)44-23-9-8-13-39(20-23)32(41)45-33(3,4)5;1-26(2,3)36-25(33)31-11-6-7-18(16-31)35-22-15-28-14-20(29-22)24-19-13-17(27)9-10-21(19)32(30-24)23-8-4-5-12-34-23;1-14(2)31-21-12-25-10-19(27-21)15-5-6-18-17(8-15)23(30-29-18)20-11-26-13-22(28-20)32-16-4-3-7-24-9-16;1-9(2)17-11-8-15-7-10(16-11)14-18-12(3,4)13(5,6)19-14/h11-12,15-19,21,23,30H,6-10,13-14,20H2,1-5H3;9-10,13-15,18,23H,4-8,11-12,16H2,1-3H3;5-6,8,10-14,16,24H,3-4,7,9H2,1-2H3,(H,29,30);7-9H,1-6H3. The van der Waals surface area contributed by atoms with Gasteiger partial charge in [0.1, 0.15) is 63.7 Å². The van der Waals surface area contributed by atoms with Crippen molar-refractivity contribution in [2.45, 2.75) is 259 Å². The number of nitrogens with zero attached hydrogens (tertiary/aromatic N) is 19. The maximum Gasteiger partial charge on any atom is 0.516 e. The van der Waals surface area contributed by atoms with E-state index in [-0.39, 0.29) is 72.5 Å². The van der Waals surface area contributed by atoms with Crippen LogP contribution >= 0.6 is 15.9 Å². The van der Waals surface area contributed by atoms with Crippen LogP contribution in [-0.4, -0.2) is 230 Å². The number of hydrogen-bond donors (Lipinski definition) is 2. The van der Waals surface area contributed by atoms with Crippen LogP contribution in [0.25, 0.3) is 89.4 Å². The Morgan fingerprint density at radius 3 is 1.34 bits per heavy atom. The van der Waals surface area contributed by atoms with Gasteiger partial charge in [0, 0.05) is 70.8 Å². The van der Waals surface area contributed by atoms with Crippen LogP contribution in [0, 0.1) is 0 Å². The van der Waals surface area contributed by atoms with Crippen LogP contribution in [0.1, 0.15) is 200 Å². The first kappa shape index (κ1) is 94.9. The second kappa shape index (κ2) is 42.0. The quantitative estimate of drug-likeness (QED) is 0.0669. The molecule has 5 atom stereocenters. The first-order valence-electron chi connectivity index (χ1n) is 45.6. The summed E-state index contributed by atoms with van der Waals surface area (Å²) in [5.74, 6) is 2.75. The molecule has 37 heteroatoms. The molecular weight excluding hydrogens is 1750 g/mol. The van der Waals surface area contributed by atoms with Gasteiger partial charge in [0.25, 0.3) is 0 Å². The highest BCUT2D eigenvalue weighted by molar-refractivity contribution is 9.10. The Morgan fingerprint density at radius 2 is 0.879 bits per heavy atom. The van der Waals surface area contributed by atoms with Crippen molar-refractivity contribution in [2.75, 3.05) is 52.5 Å². The van der Waals surface area contributed by atoms with E-state index in [1.54, 1.807) is 84.2 Å². The van der Waals surface area contributed by atoms with Gasteiger partial charge in [0.2, 0.25) is 35.3 Å². The fourth-order valence-corrected chi connectivity index (χ4v) is 16.1. The van der Waals surface area contributed by atoms with Crippen molar-refractivity contribution < 1.29 is 66.3 Å². The molecule has 0 saturated carbocycles. The van der Waals surface area contributed by atoms with Gasteiger partial charge in [-0.05, 0) is 237 Å². The summed E-state index contributed by atoms with van der Waals surface area (Å²) in [6, 6.07) is 18.2. The second-order valence-corrected chi connectivity index (χ2v) is 38.2. The van der Waals surface area contributed by atoms with E-state index in [2.05, 4.69) is 93.4 Å². The molecule has 2 amide bonds. The summed E-state index contributed by atoms with van der Waals surface area (Å²) < 4.78 is 75.5. The number of hydrogen-bond acceptors (Lipinski definition) is 30. The largest absolute Gasteiger partial charge is 0.516 e. The lowest BCUT2D eigenvalue weighted by molar-refractivity contribution is -0.0366. The Labute approximate surface area is 777 Å². The first-order chi connectivity index (χ1) is 63.3. The molecule has 35 nitrogen and oxygen atoms in total. The van der Waals surface area contributed by atoms with Crippen molar-refractivity contribution in [3.8, 4) is 92.0 Å². The molecule has 0 spiro atoms. The van der Waals surface area contributed by atoms with Gasteiger partial charge < -0.3 is 71.8 Å². The van der Waals surface area contributed by atoms with E-state index in [9.17, 15) is 9.59 Å². The van der Waals surface area contributed by atoms with E-state index in [1.165, 1.54) is 0 Å². The number of likely N-dealkylation sites (tertiary alicyclic amines) is 2. The number of fused-ring (bicyclic) bond motifs is 3. The van der Waals surface area contributed by atoms with Crippen molar-refractivity contribution in [2.24, 2.45) is 0 Å². The summed E-state index contributed by atoms with van der Waals surface area (Å²) in [7, 11) is -0.506. The molecule has 6 saturated heterocycles. The third-order valence-electron chi connectivity index (χ3n) is 22.5. The minimum Gasteiger partial charge on any atom is -0.474 e. The van der Waals surface area contributed by atoms with Gasteiger partial charge in [0.15, 0.2) is 12.5 Å². The SMILES string of the molecule is CC(C)(C)OC(=O)N1CCCC(Oc2cncc(-c3nn(C4CCCCO4)c4ccc(Br)cc34)n2)C1.CC(C)Oc1cncc(-c2ccc3[nH]nc(-c4cncc(OC5CCCNC5)n4)c3c2)n1.CC(C)Oc1cncc(-c2ccc3c(c2)c(-c2cncc(OC4CCCN(C(=O)OC(C)(C)C)C4)n2)nn3C2CCCCO2)n1.CC(C)Oc1cncc(B2OC(C)(C)C(C)(C)O2)n1. The van der Waals surface area contributed by atoms with E-state index >= 15 is 0 Å². The molecule has 132 heavy (non-hydrogen) atoms. The number of rotatable bonds is 20. The molecule has 6 fully saturated rings. The van der Waals surface area contributed by atoms with Crippen LogP contribution in [0.3, 0.4) is 0 Å². The van der Waals surface area contributed by atoms with Gasteiger partial charge in [0.05, 0.1) is 144 Å². The van der Waals surface area contributed by atoms with Crippen molar-refractivity contribution in [1.29, 1.82) is 0 Å². The second-order valence-electron chi connectivity index (χ2n) is 37.2. The van der Waals surface area contributed by atoms with Crippen molar-refractivity contribution >= 4 is 73.5 Å². The smallest absolute Gasteiger partial charge is 0.474 e. The number of aromatic amines is 1. The van der Waals surface area contributed by atoms with Crippen molar-refractivity contribution in [3.05, 3.63) is 133 Å². The molecule has 0 aliphatic carbocycles. The van der Waals surface area contributed by atoms with E-state index in [1.807, 2.05) is 163 Å². The lowest BCUT2D eigenvalue weighted by Gasteiger charge is -2.33. The number of aromatic nitrogens is 18. The Hall–Kier alpha value is -11.8. The molecule has 2 N–H and O–H groups in total. The van der Waals surface area contributed by atoms with Crippen LogP contribution in [0.15, 0.2) is 133 Å². The van der Waals surface area contributed by atoms with Gasteiger partial charge >= 0.3 is 19.3 Å². The van der Waals surface area contributed by atoms with E-state index in [0.717, 1.165) is 156 Å². The predicted molar refractivity (Wildman–Crippen MR) is 501 cm³/mol. The molecule has 0 radical (unpaired) electrons. The lowest BCUT2D eigenvalue weighted by atomic mass is 9.85. The average molecular weight is 1870 g/mol. The van der Waals surface area contributed by atoms with Gasteiger partial charge in [-0.15, -0.1) is 0 Å². The highest BCUT2D eigenvalue weighted by Crippen LogP contribution is 2.41. The van der Waals surface area contributed by atoms with Gasteiger partial charge in [-0.2, -0.15) is 15.3 Å². The molecule has 5 unspecified atom stereocenters. The van der Waals surface area contributed by atoms with E-state index in [4.69, 9.17) is 76.8 Å². The van der Waals surface area contributed by atoms with Crippen molar-refractivity contribution in [1.82, 2.24) is 105 Å². The van der Waals surface area contributed by atoms with Crippen LogP contribution in [0.2, 0.25) is 0 Å². The lowest BCUT2D eigenvalue weighted by Crippen LogP contribution is -2.46. The van der Waals surface area contributed by atoms with E-state index < -0.39 is 18.3 Å². The highest BCUT2D eigenvalue weighted by Gasteiger charge is 2.53. The summed E-state index contributed by atoms with van der Waals surface area (Å²) in [6.07, 6.45) is 30.2. The van der Waals surface area contributed by atoms with Crippen LogP contribution in [-0.2, 0) is 28.3 Å². The zero-order valence-electron chi connectivity index (χ0n) is 78.1. The zero-order valence-corrected chi connectivity index (χ0v) is 79.6. The van der Waals surface area contributed by atoms with Gasteiger partial charge in [-0.25, -0.2) is 48.9 Å². The minimum absolute atomic E-state index is 0.0144. The van der Waals surface area contributed by atoms with Crippen LogP contribution in [0.4, 0.5) is 9.59 Å². The third kappa shape index (κ3) is 24.6. The fourth-order valence-electron chi connectivity index (χ4n) is 15.8. The molecule has 698 valence electrons. The predicted octanol–water partition coefficient (Wildman–Crippen LogP) is 16.9. The molecule has 12 aromatic rings. The molecule has 6 aliphatic heterocycles.